The maximum absolute atomic E-state index is 9.31. The van der Waals surface area contributed by atoms with Crippen molar-refractivity contribution in [2.24, 2.45) is 0 Å². The van der Waals surface area contributed by atoms with E-state index in [0.29, 0.717) is 17.0 Å². The highest BCUT2D eigenvalue weighted by Crippen LogP contribution is 2.58. The van der Waals surface area contributed by atoms with Crippen LogP contribution in [0.5, 0.6) is 0 Å². The first kappa shape index (κ1) is 29.6. The second-order valence-electron chi connectivity index (χ2n) is 13.9. The molecule has 0 radical (unpaired) electrons. The molecule has 51 heavy (non-hydrogen) atoms. The summed E-state index contributed by atoms with van der Waals surface area (Å²) in [7, 11) is 0. The Balaban J connectivity index is 1.02. The molecule has 8 aromatic rings. The molecule has 4 heteroatoms. The Morgan fingerprint density at radius 3 is 1.94 bits per heavy atom. The van der Waals surface area contributed by atoms with Crippen molar-refractivity contribution < 1.29 is 4.42 Å². The lowest BCUT2D eigenvalue weighted by atomic mass is 9.66. The average Bonchev–Trinajstić information content (AvgIpc) is 3.71. The monoisotopic (exact) mass is 655 g/mol. The number of hydrogen-bond donors (Lipinski definition) is 0. The number of hydrogen-bond acceptors (Lipinski definition) is 4. The quantitative estimate of drug-likeness (QED) is 0.189. The van der Waals surface area contributed by atoms with Gasteiger partial charge in [-0.2, -0.15) is 5.26 Å². The molecule has 1 saturated carbocycles. The Kier molecular flexibility index (Phi) is 6.76. The molecule has 0 atom stereocenters. The molecule has 2 aliphatic rings. The standard InChI is InChI=1S/C47H33N3O/c48-29-30-15-17-35(18-16-30)46-49-43(45-44(50-46)39-10-3-5-14-41(39)51-45)34-25-21-32(22-26-34)31-19-23-33(24-20-31)36-11-8-12-38-37-9-2-4-13-40(37)47(42(36)38)27-6-1-7-28-47/h2-5,8-26H,1,6-7,27-28H2. The molecule has 0 aliphatic heterocycles. The van der Waals surface area contributed by atoms with Gasteiger partial charge in [0.1, 0.15) is 16.8 Å². The number of nitriles is 1. The van der Waals surface area contributed by atoms with E-state index >= 15 is 0 Å². The van der Waals surface area contributed by atoms with E-state index in [4.69, 9.17) is 14.4 Å². The molecule has 0 bridgehead atoms. The van der Waals surface area contributed by atoms with Crippen molar-refractivity contribution in [1.82, 2.24) is 9.97 Å². The first-order valence-electron chi connectivity index (χ1n) is 17.8. The fourth-order valence-corrected chi connectivity index (χ4v) is 8.75. The number of rotatable bonds is 4. The Morgan fingerprint density at radius 1 is 0.549 bits per heavy atom. The van der Waals surface area contributed by atoms with Crippen LogP contribution in [0.3, 0.4) is 0 Å². The third kappa shape index (κ3) is 4.66. The van der Waals surface area contributed by atoms with Crippen LogP contribution < -0.4 is 0 Å². The van der Waals surface area contributed by atoms with Crippen LogP contribution in [0.15, 0.2) is 144 Å². The van der Waals surface area contributed by atoms with Gasteiger partial charge in [-0.3, -0.25) is 0 Å². The highest BCUT2D eigenvalue weighted by atomic mass is 16.3. The van der Waals surface area contributed by atoms with Crippen molar-refractivity contribution in [3.8, 4) is 62.1 Å². The van der Waals surface area contributed by atoms with Gasteiger partial charge in [-0.1, -0.05) is 122 Å². The van der Waals surface area contributed by atoms with Crippen LogP contribution in [0.2, 0.25) is 0 Å². The van der Waals surface area contributed by atoms with Crippen LogP contribution in [0.4, 0.5) is 0 Å². The summed E-state index contributed by atoms with van der Waals surface area (Å²) in [6.07, 6.45) is 6.34. The molecule has 0 saturated heterocycles. The molecule has 6 aromatic carbocycles. The minimum absolute atomic E-state index is 0.113. The minimum Gasteiger partial charge on any atom is -0.452 e. The van der Waals surface area contributed by atoms with Gasteiger partial charge in [0, 0.05) is 21.9 Å². The van der Waals surface area contributed by atoms with Crippen molar-refractivity contribution in [3.05, 3.63) is 156 Å². The van der Waals surface area contributed by atoms with Gasteiger partial charge >= 0.3 is 0 Å². The van der Waals surface area contributed by atoms with Gasteiger partial charge in [-0.25, -0.2) is 9.97 Å². The van der Waals surface area contributed by atoms with E-state index in [0.717, 1.165) is 38.9 Å². The predicted octanol–water partition coefficient (Wildman–Crippen LogP) is 12.1. The van der Waals surface area contributed by atoms with Gasteiger partial charge in [0.2, 0.25) is 0 Å². The fourth-order valence-electron chi connectivity index (χ4n) is 8.75. The van der Waals surface area contributed by atoms with Crippen molar-refractivity contribution in [2.45, 2.75) is 37.5 Å². The first-order chi connectivity index (χ1) is 25.2. The lowest BCUT2D eigenvalue weighted by Crippen LogP contribution is -2.28. The predicted molar refractivity (Wildman–Crippen MR) is 205 cm³/mol. The topological polar surface area (TPSA) is 62.7 Å². The van der Waals surface area contributed by atoms with E-state index in [1.54, 1.807) is 12.1 Å². The number of furan rings is 1. The van der Waals surface area contributed by atoms with Gasteiger partial charge in [-0.05, 0) is 93.7 Å². The van der Waals surface area contributed by atoms with Crippen LogP contribution in [0.25, 0.3) is 78.1 Å². The lowest BCUT2D eigenvalue weighted by molar-refractivity contribution is 0.353. The van der Waals surface area contributed by atoms with Gasteiger partial charge in [-0.15, -0.1) is 0 Å². The zero-order chi connectivity index (χ0) is 33.9. The largest absolute Gasteiger partial charge is 0.452 e. The third-order valence-corrected chi connectivity index (χ3v) is 11.2. The summed E-state index contributed by atoms with van der Waals surface area (Å²) in [6.45, 7) is 0. The first-order valence-corrected chi connectivity index (χ1v) is 17.8. The SMILES string of the molecule is N#Cc1ccc(-c2nc(-c3ccc(-c4ccc(-c5cccc6c5C5(CCCCC5)c5ccccc5-6)cc4)cc3)c3oc4ccccc4c3n2)cc1. The molecular weight excluding hydrogens is 623 g/mol. The third-order valence-electron chi connectivity index (χ3n) is 11.2. The van der Waals surface area contributed by atoms with Crippen LogP contribution >= 0.6 is 0 Å². The van der Waals surface area contributed by atoms with Crippen molar-refractivity contribution in [2.75, 3.05) is 0 Å². The van der Waals surface area contributed by atoms with E-state index < -0.39 is 0 Å². The normalized spacial score (nSPS) is 14.4. The summed E-state index contributed by atoms with van der Waals surface area (Å²) in [5.41, 5.74) is 16.3. The molecule has 2 aromatic heterocycles. The number of para-hydroxylation sites is 1. The maximum atomic E-state index is 9.31. The molecule has 4 nitrogen and oxygen atoms in total. The summed E-state index contributed by atoms with van der Waals surface area (Å²) in [5.74, 6) is 0.596. The summed E-state index contributed by atoms with van der Waals surface area (Å²) >= 11 is 0. The summed E-state index contributed by atoms with van der Waals surface area (Å²) in [4.78, 5) is 9.98. The highest BCUT2D eigenvalue weighted by Gasteiger charge is 2.45. The molecule has 1 fully saturated rings. The van der Waals surface area contributed by atoms with E-state index in [-0.39, 0.29) is 5.41 Å². The molecular formula is C47H33N3O. The van der Waals surface area contributed by atoms with Crippen LogP contribution in [0, 0.1) is 11.3 Å². The van der Waals surface area contributed by atoms with Crippen LogP contribution in [-0.2, 0) is 5.41 Å². The number of aromatic nitrogens is 2. The molecule has 242 valence electrons. The Morgan fingerprint density at radius 2 is 1.18 bits per heavy atom. The molecule has 10 rings (SSSR count). The van der Waals surface area contributed by atoms with E-state index in [2.05, 4.69) is 97.1 Å². The second-order valence-corrected chi connectivity index (χ2v) is 13.9. The summed E-state index contributed by atoms with van der Waals surface area (Å²) in [5, 5.41) is 10.3. The number of fused-ring (bicyclic) bond motifs is 8. The van der Waals surface area contributed by atoms with Crippen molar-refractivity contribution in [3.63, 3.8) is 0 Å². The summed E-state index contributed by atoms with van der Waals surface area (Å²) in [6, 6.07) is 51.2. The second kappa shape index (κ2) is 11.6. The van der Waals surface area contributed by atoms with Crippen molar-refractivity contribution >= 4 is 22.1 Å². The Labute approximate surface area is 296 Å². The Hall–Kier alpha value is -6.31. The van der Waals surface area contributed by atoms with Crippen LogP contribution in [0.1, 0.15) is 48.8 Å². The Bertz CT molecular complexity index is 2650. The smallest absolute Gasteiger partial charge is 0.180 e. The zero-order valence-electron chi connectivity index (χ0n) is 28.1. The number of benzene rings is 6. The fraction of sp³-hybridized carbons (Fsp3) is 0.128. The molecule has 0 amide bonds. The van der Waals surface area contributed by atoms with Gasteiger partial charge < -0.3 is 4.42 Å². The lowest BCUT2D eigenvalue weighted by Gasteiger charge is -2.37. The highest BCUT2D eigenvalue weighted by molar-refractivity contribution is 6.07. The van der Waals surface area contributed by atoms with Gasteiger partial charge in [0.05, 0.1) is 11.6 Å². The molecule has 2 aliphatic carbocycles. The summed E-state index contributed by atoms with van der Waals surface area (Å²) < 4.78 is 6.36. The maximum Gasteiger partial charge on any atom is 0.180 e. The molecule has 0 unspecified atom stereocenters. The molecule has 1 spiro atoms. The molecule has 2 heterocycles. The van der Waals surface area contributed by atoms with Gasteiger partial charge in [0.25, 0.3) is 0 Å². The van der Waals surface area contributed by atoms with E-state index in [1.807, 2.05) is 36.4 Å². The van der Waals surface area contributed by atoms with Crippen molar-refractivity contribution in [1.29, 1.82) is 5.26 Å². The average molecular weight is 656 g/mol. The van der Waals surface area contributed by atoms with Gasteiger partial charge in [0.15, 0.2) is 11.4 Å². The van der Waals surface area contributed by atoms with E-state index in [9.17, 15) is 5.26 Å². The van der Waals surface area contributed by atoms with E-state index in [1.165, 1.54) is 71.0 Å². The zero-order valence-corrected chi connectivity index (χ0v) is 28.1. The van der Waals surface area contributed by atoms with Crippen LogP contribution in [-0.4, -0.2) is 9.97 Å². The number of nitrogens with zero attached hydrogens (tertiary/aromatic N) is 3. The molecule has 0 N–H and O–H groups in total. The minimum atomic E-state index is 0.113.